The van der Waals surface area contributed by atoms with Gasteiger partial charge in [0, 0.05) is 18.7 Å². The van der Waals surface area contributed by atoms with Crippen LogP contribution in [0.2, 0.25) is 0 Å². The number of rotatable bonds is 4. The molecule has 0 saturated heterocycles. The van der Waals surface area contributed by atoms with Crippen LogP contribution in [-0.4, -0.2) is 23.1 Å². The van der Waals surface area contributed by atoms with Crippen molar-refractivity contribution in [2.24, 2.45) is 0 Å². The van der Waals surface area contributed by atoms with E-state index in [0.717, 1.165) is 29.9 Å². The molecule has 0 amide bonds. The van der Waals surface area contributed by atoms with Crippen LogP contribution in [0.4, 0.5) is 0 Å². The molecule has 0 aliphatic rings. The van der Waals surface area contributed by atoms with Crippen molar-refractivity contribution in [3.05, 3.63) is 23.3 Å². The predicted molar refractivity (Wildman–Crippen MR) is 58.3 cm³/mol. The Bertz CT molecular complexity index is 293. The molecule has 0 aromatic carbocycles. The Hall–Kier alpha value is -0.960. The van der Waals surface area contributed by atoms with Gasteiger partial charge in [-0.15, -0.1) is 0 Å². The lowest BCUT2D eigenvalue weighted by molar-refractivity contribution is 0.534. The Labute approximate surface area is 86.0 Å². The van der Waals surface area contributed by atoms with Gasteiger partial charge >= 0.3 is 0 Å². The van der Waals surface area contributed by atoms with Gasteiger partial charge in [0.1, 0.15) is 0 Å². The lowest BCUT2D eigenvalue weighted by Gasteiger charge is -2.14. The smallest absolute Gasteiger partial charge is 0.0634 e. The number of hydrogen-bond donors (Lipinski definition) is 1. The second-order valence-corrected chi connectivity index (χ2v) is 3.64. The average molecular weight is 193 g/mol. The number of nitrogens with one attached hydrogen (secondary N) is 1. The Kier molecular flexibility index (Phi) is 4.01. The van der Waals surface area contributed by atoms with Crippen molar-refractivity contribution in [3.8, 4) is 0 Å². The summed E-state index contributed by atoms with van der Waals surface area (Å²) in [7, 11) is 1.99. The minimum Gasteiger partial charge on any atom is -0.317 e. The van der Waals surface area contributed by atoms with Crippen LogP contribution in [0.25, 0.3) is 0 Å². The molecule has 1 atom stereocenters. The SMILES string of the molecule is CCC(Cc1nc(C)cnc1C)NC. The molecule has 0 aliphatic carbocycles. The van der Waals surface area contributed by atoms with Gasteiger partial charge in [-0.05, 0) is 27.3 Å². The van der Waals surface area contributed by atoms with Crippen molar-refractivity contribution >= 4 is 0 Å². The largest absolute Gasteiger partial charge is 0.317 e. The minimum absolute atomic E-state index is 0.504. The van der Waals surface area contributed by atoms with Crippen molar-refractivity contribution in [3.63, 3.8) is 0 Å². The molecule has 0 fully saturated rings. The molecule has 78 valence electrons. The van der Waals surface area contributed by atoms with Gasteiger partial charge < -0.3 is 5.32 Å². The van der Waals surface area contributed by atoms with Crippen molar-refractivity contribution < 1.29 is 0 Å². The molecule has 14 heavy (non-hydrogen) atoms. The van der Waals surface area contributed by atoms with E-state index < -0.39 is 0 Å². The highest BCUT2D eigenvalue weighted by atomic mass is 14.9. The summed E-state index contributed by atoms with van der Waals surface area (Å²) in [5.74, 6) is 0. The Morgan fingerprint density at radius 1 is 1.43 bits per heavy atom. The van der Waals surface area contributed by atoms with Gasteiger partial charge in [-0.3, -0.25) is 9.97 Å². The fourth-order valence-electron chi connectivity index (χ4n) is 1.46. The van der Waals surface area contributed by atoms with Gasteiger partial charge in [-0.2, -0.15) is 0 Å². The molecule has 1 N–H and O–H groups in total. The normalized spacial score (nSPS) is 12.9. The van der Waals surface area contributed by atoms with Crippen molar-refractivity contribution in [2.75, 3.05) is 7.05 Å². The molecular formula is C11H19N3. The number of hydrogen-bond acceptors (Lipinski definition) is 3. The fourth-order valence-corrected chi connectivity index (χ4v) is 1.46. The molecule has 3 nitrogen and oxygen atoms in total. The Morgan fingerprint density at radius 3 is 2.71 bits per heavy atom. The van der Waals surface area contributed by atoms with Crippen LogP contribution >= 0.6 is 0 Å². The first kappa shape index (κ1) is 11.1. The summed E-state index contributed by atoms with van der Waals surface area (Å²) in [6.45, 7) is 6.18. The molecule has 0 aliphatic heterocycles. The van der Waals surface area contributed by atoms with Gasteiger partial charge in [-0.25, -0.2) is 0 Å². The molecular weight excluding hydrogens is 174 g/mol. The number of aromatic nitrogens is 2. The first-order chi connectivity index (χ1) is 6.67. The molecule has 0 radical (unpaired) electrons. The van der Waals surface area contributed by atoms with E-state index in [2.05, 4.69) is 22.2 Å². The summed E-state index contributed by atoms with van der Waals surface area (Å²) in [6, 6.07) is 0.504. The van der Waals surface area contributed by atoms with E-state index in [0.29, 0.717) is 6.04 Å². The van der Waals surface area contributed by atoms with Crippen LogP contribution < -0.4 is 5.32 Å². The maximum atomic E-state index is 4.51. The van der Waals surface area contributed by atoms with Crippen LogP contribution in [0.15, 0.2) is 6.20 Å². The lowest BCUT2D eigenvalue weighted by Crippen LogP contribution is -2.27. The zero-order valence-corrected chi connectivity index (χ0v) is 9.46. The van der Waals surface area contributed by atoms with Gasteiger partial charge in [0.2, 0.25) is 0 Å². The summed E-state index contributed by atoms with van der Waals surface area (Å²) < 4.78 is 0. The van der Waals surface area contributed by atoms with E-state index >= 15 is 0 Å². The zero-order chi connectivity index (χ0) is 10.6. The third kappa shape index (κ3) is 2.77. The van der Waals surface area contributed by atoms with Crippen LogP contribution in [0.5, 0.6) is 0 Å². The van der Waals surface area contributed by atoms with E-state index in [-0.39, 0.29) is 0 Å². The highest BCUT2D eigenvalue weighted by molar-refractivity contribution is 5.13. The van der Waals surface area contributed by atoms with Crippen molar-refractivity contribution in [1.82, 2.24) is 15.3 Å². The topological polar surface area (TPSA) is 37.8 Å². The summed E-state index contributed by atoms with van der Waals surface area (Å²) in [5.41, 5.74) is 3.16. The van der Waals surface area contributed by atoms with Crippen molar-refractivity contribution in [2.45, 2.75) is 39.7 Å². The zero-order valence-electron chi connectivity index (χ0n) is 9.46. The summed E-state index contributed by atoms with van der Waals surface area (Å²) in [5, 5.41) is 3.28. The highest BCUT2D eigenvalue weighted by Crippen LogP contribution is 2.07. The van der Waals surface area contributed by atoms with E-state index in [1.807, 2.05) is 27.1 Å². The maximum Gasteiger partial charge on any atom is 0.0634 e. The molecule has 1 heterocycles. The van der Waals surface area contributed by atoms with Gasteiger partial charge in [-0.1, -0.05) is 6.92 Å². The van der Waals surface area contributed by atoms with E-state index in [1.54, 1.807) is 0 Å². The van der Waals surface area contributed by atoms with E-state index in [4.69, 9.17) is 0 Å². The van der Waals surface area contributed by atoms with E-state index in [1.165, 1.54) is 0 Å². The van der Waals surface area contributed by atoms with Crippen LogP contribution in [-0.2, 0) is 6.42 Å². The van der Waals surface area contributed by atoms with Gasteiger partial charge in [0.05, 0.1) is 17.1 Å². The fraction of sp³-hybridized carbons (Fsp3) is 0.636. The lowest BCUT2D eigenvalue weighted by atomic mass is 10.1. The quantitative estimate of drug-likeness (QED) is 0.790. The van der Waals surface area contributed by atoms with Gasteiger partial charge in [0.25, 0.3) is 0 Å². The molecule has 1 aromatic heterocycles. The summed E-state index contributed by atoms with van der Waals surface area (Å²) >= 11 is 0. The standard InChI is InChI=1S/C11H19N3/c1-5-10(12-4)6-11-9(3)13-7-8(2)14-11/h7,10,12H,5-6H2,1-4H3. The van der Waals surface area contributed by atoms with E-state index in [9.17, 15) is 0 Å². The molecule has 3 heteroatoms. The molecule has 0 spiro atoms. The molecule has 0 saturated carbocycles. The Balaban J connectivity index is 2.79. The van der Waals surface area contributed by atoms with Crippen LogP contribution in [0.3, 0.4) is 0 Å². The first-order valence-corrected chi connectivity index (χ1v) is 5.13. The average Bonchev–Trinajstić information content (AvgIpc) is 2.19. The third-order valence-corrected chi connectivity index (χ3v) is 2.51. The monoisotopic (exact) mass is 193 g/mol. The van der Waals surface area contributed by atoms with Crippen LogP contribution in [0, 0.1) is 13.8 Å². The van der Waals surface area contributed by atoms with Gasteiger partial charge in [0.15, 0.2) is 0 Å². The predicted octanol–water partition coefficient (Wildman–Crippen LogP) is 1.63. The first-order valence-electron chi connectivity index (χ1n) is 5.13. The second-order valence-electron chi connectivity index (χ2n) is 3.64. The summed E-state index contributed by atoms with van der Waals surface area (Å²) in [4.78, 5) is 8.82. The summed E-state index contributed by atoms with van der Waals surface area (Å²) in [6.07, 6.45) is 3.90. The second kappa shape index (κ2) is 5.05. The molecule has 1 rings (SSSR count). The third-order valence-electron chi connectivity index (χ3n) is 2.51. The molecule has 1 aromatic rings. The van der Waals surface area contributed by atoms with Crippen LogP contribution in [0.1, 0.15) is 30.4 Å². The number of aryl methyl sites for hydroxylation is 2. The molecule has 1 unspecified atom stereocenters. The minimum atomic E-state index is 0.504. The number of nitrogens with zero attached hydrogens (tertiary/aromatic N) is 2. The Morgan fingerprint density at radius 2 is 2.14 bits per heavy atom. The number of likely N-dealkylation sites (N-methyl/N-ethyl adjacent to an activating group) is 1. The maximum absolute atomic E-state index is 4.51. The van der Waals surface area contributed by atoms with Crippen molar-refractivity contribution in [1.29, 1.82) is 0 Å². The molecule has 0 bridgehead atoms. The highest BCUT2D eigenvalue weighted by Gasteiger charge is 2.08.